The Hall–Kier alpha value is -2.75. The van der Waals surface area contributed by atoms with Crippen LogP contribution in [0.3, 0.4) is 0 Å². The van der Waals surface area contributed by atoms with Crippen molar-refractivity contribution >= 4 is 18.0 Å². The highest BCUT2D eigenvalue weighted by molar-refractivity contribution is 6.01. The van der Waals surface area contributed by atoms with Crippen LogP contribution < -0.4 is 0 Å². The van der Waals surface area contributed by atoms with Gasteiger partial charge in [-0.1, -0.05) is 24.3 Å². The van der Waals surface area contributed by atoms with E-state index >= 15 is 0 Å². The van der Waals surface area contributed by atoms with Gasteiger partial charge in [0.25, 0.3) is 0 Å². The minimum absolute atomic E-state index is 0.206. The van der Waals surface area contributed by atoms with Crippen LogP contribution in [0.15, 0.2) is 42.5 Å². The lowest BCUT2D eigenvalue weighted by Gasteiger charge is -2.13. The van der Waals surface area contributed by atoms with Gasteiger partial charge in [-0.05, 0) is 55.5 Å². The Morgan fingerprint density at radius 2 is 1.67 bits per heavy atom. The average molecular weight is 322 g/mol. The number of aryl methyl sites for hydroxylation is 2. The maximum Gasteiger partial charge on any atom is 0.338 e. The number of aldehydes is 1. The Labute approximate surface area is 140 Å². The molecule has 122 valence electrons. The van der Waals surface area contributed by atoms with E-state index in [-0.39, 0.29) is 5.78 Å². The zero-order valence-electron chi connectivity index (χ0n) is 13.5. The first-order valence-electron chi connectivity index (χ1n) is 8.00. The molecular weight excluding hydrogens is 304 g/mol. The molecule has 1 aliphatic rings. The molecule has 0 heterocycles. The van der Waals surface area contributed by atoms with Crippen LogP contribution >= 0.6 is 0 Å². The molecule has 0 radical (unpaired) electrons. The molecule has 2 aromatic carbocycles. The van der Waals surface area contributed by atoms with Crippen molar-refractivity contribution < 1.29 is 19.1 Å². The van der Waals surface area contributed by atoms with Gasteiger partial charge in [0.1, 0.15) is 6.29 Å². The van der Waals surface area contributed by atoms with Gasteiger partial charge in [0.15, 0.2) is 6.10 Å². The molecule has 2 aromatic rings. The summed E-state index contributed by atoms with van der Waals surface area (Å²) in [5.41, 5.74) is 3.88. The lowest BCUT2D eigenvalue weighted by molar-refractivity contribution is 0.0318. The zero-order chi connectivity index (χ0) is 17.1. The van der Waals surface area contributed by atoms with E-state index in [1.807, 2.05) is 12.1 Å². The second kappa shape index (κ2) is 6.79. The first-order chi connectivity index (χ1) is 11.6. The van der Waals surface area contributed by atoms with Gasteiger partial charge >= 0.3 is 5.97 Å². The van der Waals surface area contributed by atoms with E-state index in [4.69, 9.17) is 4.74 Å². The van der Waals surface area contributed by atoms with Gasteiger partial charge in [-0.15, -0.1) is 0 Å². The van der Waals surface area contributed by atoms with E-state index in [0.717, 1.165) is 19.3 Å². The molecule has 0 saturated heterocycles. The summed E-state index contributed by atoms with van der Waals surface area (Å²) in [4.78, 5) is 35.2. The van der Waals surface area contributed by atoms with Crippen LogP contribution in [-0.2, 0) is 17.6 Å². The molecule has 0 N–H and O–H groups in total. The van der Waals surface area contributed by atoms with E-state index in [0.29, 0.717) is 23.0 Å². The van der Waals surface area contributed by atoms with Crippen LogP contribution in [-0.4, -0.2) is 24.1 Å². The highest BCUT2D eigenvalue weighted by Crippen LogP contribution is 2.23. The third-order valence-electron chi connectivity index (χ3n) is 4.32. The fourth-order valence-electron chi connectivity index (χ4n) is 2.94. The van der Waals surface area contributed by atoms with Crippen molar-refractivity contribution in [2.24, 2.45) is 0 Å². The molecule has 1 atom stereocenters. The minimum Gasteiger partial charge on any atom is -0.451 e. The van der Waals surface area contributed by atoms with Gasteiger partial charge in [0.2, 0.25) is 5.78 Å². The summed E-state index contributed by atoms with van der Waals surface area (Å²) in [6.45, 7) is 1.58. The topological polar surface area (TPSA) is 60.4 Å². The predicted octanol–water partition coefficient (Wildman–Crippen LogP) is 3.42. The predicted molar refractivity (Wildman–Crippen MR) is 89.5 cm³/mol. The quantitative estimate of drug-likeness (QED) is 0.481. The van der Waals surface area contributed by atoms with Crippen molar-refractivity contribution in [3.63, 3.8) is 0 Å². The molecule has 4 nitrogen and oxygen atoms in total. The number of carbonyl (C=O) groups is 3. The molecule has 0 unspecified atom stereocenters. The van der Waals surface area contributed by atoms with Crippen molar-refractivity contribution in [3.8, 4) is 0 Å². The number of hydrogen-bond acceptors (Lipinski definition) is 4. The molecule has 1 aliphatic carbocycles. The molecule has 0 aliphatic heterocycles. The fourth-order valence-corrected chi connectivity index (χ4v) is 2.94. The SMILES string of the molecule is C[C@@H](OC(=O)c1ccc(C=O)cc1)C(=O)c1ccc2c(c1)CCC2. The zero-order valence-corrected chi connectivity index (χ0v) is 13.5. The number of hydrogen-bond donors (Lipinski definition) is 0. The molecule has 3 rings (SSSR count). The van der Waals surface area contributed by atoms with E-state index in [2.05, 4.69) is 0 Å². The average Bonchev–Trinajstić information content (AvgIpc) is 3.08. The second-order valence-electron chi connectivity index (χ2n) is 5.99. The summed E-state index contributed by atoms with van der Waals surface area (Å²) < 4.78 is 5.27. The van der Waals surface area contributed by atoms with E-state index < -0.39 is 12.1 Å². The van der Waals surface area contributed by atoms with Crippen molar-refractivity contribution in [2.75, 3.05) is 0 Å². The number of ether oxygens (including phenoxy) is 1. The molecular formula is C20H18O4. The highest BCUT2D eigenvalue weighted by Gasteiger charge is 2.22. The lowest BCUT2D eigenvalue weighted by Crippen LogP contribution is -2.24. The Morgan fingerprint density at radius 1 is 1.00 bits per heavy atom. The van der Waals surface area contributed by atoms with Crippen LogP contribution in [0.1, 0.15) is 55.5 Å². The lowest BCUT2D eigenvalue weighted by atomic mass is 10.0. The summed E-state index contributed by atoms with van der Waals surface area (Å²) in [5, 5.41) is 0. The Bertz CT molecular complexity index is 790. The van der Waals surface area contributed by atoms with E-state index in [9.17, 15) is 14.4 Å². The van der Waals surface area contributed by atoms with E-state index in [1.165, 1.54) is 35.4 Å². The van der Waals surface area contributed by atoms with Crippen LogP contribution in [0, 0.1) is 0 Å². The third-order valence-corrected chi connectivity index (χ3v) is 4.32. The van der Waals surface area contributed by atoms with Gasteiger partial charge in [-0.2, -0.15) is 0 Å². The van der Waals surface area contributed by atoms with E-state index in [1.54, 1.807) is 13.0 Å². The Balaban J connectivity index is 1.69. The standard InChI is InChI=1S/C20H18O4/c1-13(24-20(23)16-7-5-14(12-21)6-8-16)19(22)18-10-9-15-3-2-4-17(15)11-18/h5-13H,2-4H2,1H3/t13-/m1/s1. The minimum atomic E-state index is -0.859. The third kappa shape index (κ3) is 3.27. The molecule has 0 saturated carbocycles. The second-order valence-corrected chi connectivity index (χ2v) is 5.99. The van der Waals surface area contributed by atoms with Gasteiger partial charge < -0.3 is 4.74 Å². The smallest absolute Gasteiger partial charge is 0.338 e. The number of carbonyl (C=O) groups excluding carboxylic acids is 3. The van der Waals surface area contributed by atoms with Crippen LogP contribution in [0.25, 0.3) is 0 Å². The largest absolute Gasteiger partial charge is 0.451 e. The maximum atomic E-state index is 12.5. The first kappa shape index (κ1) is 16.1. The molecule has 0 spiro atoms. The molecule has 0 bridgehead atoms. The van der Waals surface area contributed by atoms with Gasteiger partial charge in [-0.3, -0.25) is 9.59 Å². The Morgan fingerprint density at radius 3 is 2.38 bits per heavy atom. The summed E-state index contributed by atoms with van der Waals surface area (Å²) in [5.74, 6) is -0.781. The van der Waals surface area contributed by atoms with Crippen LogP contribution in [0.4, 0.5) is 0 Å². The molecule has 24 heavy (non-hydrogen) atoms. The normalized spacial score (nSPS) is 13.9. The van der Waals surface area contributed by atoms with Gasteiger partial charge in [0, 0.05) is 11.1 Å². The number of benzene rings is 2. The fraction of sp³-hybridized carbons (Fsp3) is 0.250. The molecule has 0 aromatic heterocycles. The number of ketones is 1. The Kier molecular flexibility index (Phi) is 4.56. The number of Topliss-reactive ketones (excluding diaryl/α,β-unsaturated/α-hetero) is 1. The molecule has 0 amide bonds. The summed E-state index contributed by atoms with van der Waals surface area (Å²) >= 11 is 0. The van der Waals surface area contributed by atoms with Gasteiger partial charge in [0.05, 0.1) is 5.56 Å². The number of rotatable bonds is 5. The van der Waals surface area contributed by atoms with Crippen LogP contribution in [0.5, 0.6) is 0 Å². The first-order valence-corrected chi connectivity index (χ1v) is 8.00. The number of esters is 1. The summed E-state index contributed by atoms with van der Waals surface area (Å²) in [6, 6.07) is 11.8. The van der Waals surface area contributed by atoms with Gasteiger partial charge in [-0.25, -0.2) is 4.79 Å². The number of fused-ring (bicyclic) bond motifs is 1. The maximum absolute atomic E-state index is 12.5. The highest BCUT2D eigenvalue weighted by atomic mass is 16.5. The molecule has 0 fully saturated rings. The summed E-state index contributed by atoms with van der Waals surface area (Å²) in [7, 11) is 0. The summed E-state index contributed by atoms with van der Waals surface area (Å²) in [6.07, 6.45) is 3.02. The van der Waals surface area contributed by atoms with Crippen molar-refractivity contribution in [1.29, 1.82) is 0 Å². The monoisotopic (exact) mass is 322 g/mol. The van der Waals surface area contributed by atoms with Crippen molar-refractivity contribution in [1.82, 2.24) is 0 Å². The van der Waals surface area contributed by atoms with Crippen molar-refractivity contribution in [3.05, 3.63) is 70.3 Å². The molecule has 4 heteroatoms. The van der Waals surface area contributed by atoms with Crippen molar-refractivity contribution in [2.45, 2.75) is 32.3 Å². The van der Waals surface area contributed by atoms with Crippen LogP contribution in [0.2, 0.25) is 0 Å².